The average Bonchev–Trinajstić information content (AvgIpc) is 3.33. The molecule has 4 rings (SSSR count). The van der Waals surface area contributed by atoms with E-state index >= 15 is 0 Å². The molecule has 2 aromatic heterocycles. The molecular weight excluding hydrogens is 427 g/mol. The van der Waals surface area contributed by atoms with Crippen LogP contribution in [0.1, 0.15) is 43.8 Å². The van der Waals surface area contributed by atoms with Crippen LogP contribution in [0, 0.1) is 19.7 Å². The first kappa shape index (κ1) is 21.7. The van der Waals surface area contributed by atoms with Crippen LogP contribution in [-0.4, -0.2) is 28.1 Å². The summed E-state index contributed by atoms with van der Waals surface area (Å²) in [6, 6.07) is 13.4. The van der Waals surface area contributed by atoms with Crippen LogP contribution in [0.15, 0.2) is 48.5 Å². The van der Waals surface area contributed by atoms with E-state index in [1.807, 2.05) is 37.6 Å². The Balaban J connectivity index is 1.59. The standard InChI is InChI=1S/C24H23FN4O2S/c1-4-26-22(30)17-8-5-14(2)20(11-17)27-23(31)21-12-19-15(3)28-29(24(19)32-21)13-16-6-9-18(25)10-7-16/h5-12H,4,13H2,1-3H3,(H,26,30)(H,27,31). The van der Waals surface area contributed by atoms with Crippen LogP contribution in [-0.2, 0) is 6.54 Å². The second-order valence-electron chi connectivity index (χ2n) is 7.54. The molecule has 164 valence electrons. The van der Waals surface area contributed by atoms with Crippen molar-refractivity contribution in [2.75, 3.05) is 11.9 Å². The second kappa shape index (κ2) is 8.92. The summed E-state index contributed by atoms with van der Waals surface area (Å²) < 4.78 is 15.0. The predicted molar refractivity (Wildman–Crippen MR) is 125 cm³/mol. The SMILES string of the molecule is CCNC(=O)c1ccc(C)c(NC(=O)c2cc3c(C)nn(Cc4ccc(F)cc4)c3s2)c1. The molecule has 0 saturated heterocycles. The lowest BCUT2D eigenvalue weighted by Crippen LogP contribution is -2.23. The second-order valence-corrected chi connectivity index (χ2v) is 8.57. The first-order valence-electron chi connectivity index (χ1n) is 10.3. The third kappa shape index (κ3) is 4.40. The number of halogens is 1. The van der Waals surface area contributed by atoms with Crippen LogP contribution in [0.25, 0.3) is 10.2 Å². The van der Waals surface area contributed by atoms with Crippen LogP contribution in [0.4, 0.5) is 10.1 Å². The molecule has 2 heterocycles. The summed E-state index contributed by atoms with van der Waals surface area (Å²) in [5.74, 6) is -0.700. The Labute approximate surface area is 189 Å². The van der Waals surface area contributed by atoms with Gasteiger partial charge in [0.05, 0.1) is 17.1 Å². The van der Waals surface area contributed by atoms with Crippen molar-refractivity contribution in [2.24, 2.45) is 0 Å². The number of anilines is 1. The zero-order valence-electron chi connectivity index (χ0n) is 18.0. The smallest absolute Gasteiger partial charge is 0.265 e. The fraction of sp³-hybridized carbons (Fsp3) is 0.208. The maximum atomic E-state index is 13.2. The lowest BCUT2D eigenvalue weighted by atomic mass is 10.1. The highest BCUT2D eigenvalue weighted by molar-refractivity contribution is 7.20. The number of aromatic nitrogens is 2. The topological polar surface area (TPSA) is 76.0 Å². The molecule has 0 unspecified atom stereocenters. The van der Waals surface area contributed by atoms with E-state index in [0.29, 0.717) is 29.2 Å². The largest absolute Gasteiger partial charge is 0.352 e. The van der Waals surface area contributed by atoms with Crippen LogP contribution in [0.2, 0.25) is 0 Å². The summed E-state index contributed by atoms with van der Waals surface area (Å²) in [6.45, 7) is 6.66. The maximum absolute atomic E-state index is 13.2. The monoisotopic (exact) mass is 450 g/mol. The number of carbonyl (C=O) groups is 2. The normalized spacial score (nSPS) is 11.0. The summed E-state index contributed by atoms with van der Waals surface area (Å²) in [5.41, 5.74) is 3.71. The van der Waals surface area contributed by atoms with Crippen molar-refractivity contribution in [2.45, 2.75) is 27.3 Å². The van der Waals surface area contributed by atoms with Crippen molar-refractivity contribution >= 4 is 39.1 Å². The first-order valence-corrected chi connectivity index (χ1v) is 11.1. The molecule has 2 N–H and O–H groups in total. The molecule has 2 amide bonds. The molecule has 0 aliphatic rings. The van der Waals surface area contributed by atoms with Gasteiger partial charge in [-0.1, -0.05) is 18.2 Å². The number of fused-ring (bicyclic) bond motifs is 1. The molecule has 8 heteroatoms. The van der Waals surface area contributed by atoms with Gasteiger partial charge in [-0.05, 0) is 62.2 Å². The number of amides is 2. The minimum Gasteiger partial charge on any atom is -0.352 e. The van der Waals surface area contributed by atoms with Gasteiger partial charge < -0.3 is 10.6 Å². The van der Waals surface area contributed by atoms with Crippen molar-refractivity contribution in [3.8, 4) is 0 Å². The number of nitrogens with one attached hydrogen (secondary N) is 2. The molecule has 0 fully saturated rings. The lowest BCUT2D eigenvalue weighted by molar-refractivity contribution is 0.0954. The van der Waals surface area contributed by atoms with E-state index < -0.39 is 0 Å². The zero-order valence-corrected chi connectivity index (χ0v) is 18.8. The van der Waals surface area contributed by atoms with Gasteiger partial charge in [-0.3, -0.25) is 14.3 Å². The van der Waals surface area contributed by atoms with E-state index in [1.165, 1.54) is 23.5 Å². The lowest BCUT2D eigenvalue weighted by Gasteiger charge is -2.10. The van der Waals surface area contributed by atoms with Crippen LogP contribution >= 0.6 is 11.3 Å². The van der Waals surface area contributed by atoms with Gasteiger partial charge in [0.2, 0.25) is 0 Å². The molecule has 0 atom stereocenters. The van der Waals surface area contributed by atoms with Gasteiger partial charge in [0.15, 0.2) is 0 Å². The number of thiophene rings is 1. The highest BCUT2D eigenvalue weighted by Gasteiger charge is 2.18. The minimum atomic E-state index is -0.280. The van der Waals surface area contributed by atoms with Gasteiger partial charge in [0.1, 0.15) is 10.6 Å². The molecule has 0 spiro atoms. The van der Waals surface area contributed by atoms with Gasteiger partial charge in [0, 0.05) is 23.2 Å². The number of carbonyl (C=O) groups excluding carboxylic acids is 2. The van der Waals surface area contributed by atoms with Crippen LogP contribution in [0.3, 0.4) is 0 Å². The maximum Gasteiger partial charge on any atom is 0.265 e. The Morgan fingerprint density at radius 2 is 1.81 bits per heavy atom. The molecule has 0 saturated carbocycles. The van der Waals surface area contributed by atoms with Crippen LogP contribution < -0.4 is 10.6 Å². The fourth-order valence-corrected chi connectivity index (χ4v) is 4.50. The number of benzene rings is 2. The van der Waals surface area contributed by atoms with E-state index in [0.717, 1.165) is 27.0 Å². The molecule has 32 heavy (non-hydrogen) atoms. The van der Waals surface area contributed by atoms with Crippen molar-refractivity contribution in [1.29, 1.82) is 0 Å². The third-order valence-corrected chi connectivity index (χ3v) is 6.31. The number of rotatable bonds is 6. The van der Waals surface area contributed by atoms with E-state index in [-0.39, 0.29) is 17.6 Å². The van der Waals surface area contributed by atoms with Crippen molar-refractivity contribution in [1.82, 2.24) is 15.1 Å². The Bertz CT molecular complexity index is 1310. The highest BCUT2D eigenvalue weighted by atomic mass is 32.1. The Morgan fingerprint density at radius 1 is 1.06 bits per heavy atom. The molecule has 2 aromatic carbocycles. The van der Waals surface area contributed by atoms with Crippen molar-refractivity contribution in [3.05, 3.63) is 81.6 Å². The van der Waals surface area contributed by atoms with E-state index in [1.54, 1.807) is 24.3 Å². The summed E-state index contributed by atoms with van der Waals surface area (Å²) in [6.07, 6.45) is 0. The van der Waals surface area contributed by atoms with Gasteiger partial charge in [-0.25, -0.2) is 4.39 Å². The number of nitrogens with zero attached hydrogens (tertiary/aromatic N) is 2. The van der Waals surface area contributed by atoms with Crippen molar-refractivity contribution < 1.29 is 14.0 Å². The molecule has 4 aromatic rings. The number of aryl methyl sites for hydroxylation is 2. The summed E-state index contributed by atoms with van der Waals surface area (Å²) in [5, 5.41) is 11.2. The van der Waals surface area contributed by atoms with Gasteiger partial charge >= 0.3 is 0 Å². The van der Waals surface area contributed by atoms with E-state index in [9.17, 15) is 14.0 Å². The molecule has 0 aliphatic heterocycles. The Hall–Kier alpha value is -3.52. The van der Waals surface area contributed by atoms with Gasteiger partial charge in [0.25, 0.3) is 11.8 Å². The average molecular weight is 451 g/mol. The summed E-state index contributed by atoms with van der Waals surface area (Å²) in [4.78, 5) is 26.6. The quantitative estimate of drug-likeness (QED) is 0.439. The molecule has 0 radical (unpaired) electrons. The summed E-state index contributed by atoms with van der Waals surface area (Å²) in [7, 11) is 0. The van der Waals surface area contributed by atoms with Gasteiger partial charge in [-0.15, -0.1) is 11.3 Å². The van der Waals surface area contributed by atoms with Gasteiger partial charge in [-0.2, -0.15) is 5.10 Å². The fourth-order valence-electron chi connectivity index (χ4n) is 3.44. The molecule has 6 nitrogen and oxygen atoms in total. The highest BCUT2D eigenvalue weighted by Crippen LogP contribution is 2.30. The van der Waals surface area contributed by atoms with E-state index in [2.05, 4.69) is 15.7 Å². The molecule has 0 bridgehead atoms. The summed E-state index contributed by atoms with van der Waals surface area (Å²) >= 11 is 1.35. The molecule has 0 aliphatic carbocycles. The van der Waals surface area contributed by atoms with Crippen molar-refractivity contribution in [3.63, 3.8) is 0 Å². The Kier molecular flexibility index (Phi) is 6.05. The number of hydrogen-bond acceptors (Lipinski definition) is 4. The minimum absolute atomic E-state index is 0.179. The van der Waals surface area contributed by atoms with Crippen LogP contribution in [0.5, 0.6) is 0 Å². The Morgan fingerprint density at radius 3 is 2.53 bits per heavy atom. The molecular formula is C24H23FN4O2S. The first-order chi connectivity index (χ1) is 15.4. The zero-order chi connectivity index (χ0) is 22.8. The van der Waals surface area contributed by atoms with E-state index in [4.69, 9.17) is 0 Å². The predicted octanol–water partition coefficient (Wildman–Crippen LogP) is 4.90. The number of hydrogen-bond donors (Lipinski definition) is 2. The third-order valence-electron chi connectivity index (χ3n) is 5.16.